The molecule has 3 N–H and O–H groups in total. The second-order valence-corrected chi connectivity index (χ2v) is 5.61. The third kappa shape index (κ3) is 3.96. The predicted octanol–water partition coefficient (Wildman–Crippen LogP) is 1.82. The Morgan fingerprint density at radius 3 is 2.62 bits per heavy atom. The van der Waals surface area contributed by atoms with E-state index >= 15 is 0 Å². The van der Waals surface area contributed by atoms with Crippen molar-refractivity contribution in [1.29, 1.82) is 0 Å². The maximum atomic E-state index is 11.8. The molecular weight excluding hydrogens is 274 g/mol. The third-order valence-corrected chi connectivity index (χ3v) is 3.96. The summed E-state index contributed by atoms with van der Waals surface area (Å²) in [5.41, 5.74) is -0.187. The predicted molar refractivity (Wildman–Crippen MR) is 74.6 cm³/mol. The highest BCUT2D eigenvalue weighted by molar-refractivity contribution is 5.78. The molecule has 116 valence electrons. The molecule has 0 bridgehead atoms. The SMILES string of the molecule is Cc1cc(CNC(=O)NCC2(C(=O)O)CCCCC2)no1. The Kier molecular flexibility index (Phi) is 4.82. The molecule has 1 fully saturated rings. The van der Waals surface area contributed by atoms with Crippen LogP contribution in [0.25, 0.3) is 0 Å². The highest BCUT2D eigenvalue weighted by Gasteiger charge is 2.39. The average Bonchev–Trinajstić information content (AvgIpc) is 2.89. The zero-order valence-electron chi connectivity index (χ0n) is 12.1. The number of carbonyl (C=O) groups excluding carboxylic acids is 1. The number of carboxylic acids is 1. The highest BCUT2D eigenvalue weighted by Crippen LogP contribution is 2.35. The summed E-state index contributed by atoms with van der Waals surface area (Å²) in [6, 6.07) is 1.35. The second kappa shape index (κ2) is 6.60. The van der Waals surface area contributed by atoms with Crippen LogP contribution in [0, 0.1) is 12.3 Å². The van der Waals surface area contributed by atoms with Crippen LogP contribution in [-0.2, 0) is 11.3 Å². The van der Waals surface area contributed by atoms with Gasteiger partial charge in [-0.05, 0) is 19.8 Å². The minimum atomic E-state index is -0.824. The Morgan fingerprint density at radius 2 is 2.05 bits per heavy atom. The zero-order chi connectivity index (χ0) is 15.3. The summed E-state index contributed by atoms with van der Waals surface area (Å²) in [6.45, 7) is 2.19. The molecule has 0 aromatic carbocycles. The van der Waals surface area contributed by atoms with Gasteiger partial charge in [-0.15, -0.1) is 0 Å². The maximum absolute atomic E-state index is 11.8. The molecule has 7 nitrogen and oxygen atoms in total. The standard InChI is InChI=1S/C14H21N3O4/c1-10-7-11(17-21-10)8-15-13(20)16-9-14(12(18)19)5-3-2-4-6-14/h7H,2-6,8-9H2,1H3,(H,18,19)(H2,15,16,20). The van der Waals surface area contributed by atoms with E-state index in [-0.39, 0.29) is 19.1 Å². The van der Waals surface area contributed by atoms with E-state index in [1.54, 1.807) is 13.0 Å². The van der Waals surface area contributed by atoms with Crippen LogP contribution in [0.2, 0.25) is 0 Å². The molecule has 1 aliphatic rings. The largest absolute Gasteiger partial charge is 0.481 e. The van der Waals surface area contributed by atoms with Gasteiger partial charge in [-0.3, -0.25) is 4.79 Å². The van der Waals surface area contributed by atoms with E-state index in [1.165, 1.54) is 0 Å². The zero-order valence-corrected chi connectivity index (χ0v) is 12.1. The van der Waals surface area contributed by atoms with E-state index in [0.29, 0.717) is 24.3 Å². The van der Waals surface area contributed by atoms with Crippen LogP contribution < -0.4 is 10.6 Å². The third-order valence-electron chi connectivity index (χ3n) is 3.96. The van der Waals surface area contributed by atoms with Crippen molar-refractivity contribution in [1.82, 2.24) is 15.8 Å². The van der Waals surface area contributed by atoms with Gasteiger partial charge in [-0.1, -0.05) is 24.4 Å². The number of aromatic nitrogens is 1. The van der Waals surface area contributed by atoms with Crippen LogP contribution in [-0.4, -0.2) is 28.8 Å². The first-order valence-corrected chi connectivity index (χ1v) is 7.19. The maximum Gasteiger partial charge on any atom is 0.315 e. The molecule has 0 saturated heterocycles. The van der Waals surface area contributed by atoms with Crippen LogP contribution in [0.1, 0.15) is 43.6 Å². The van der Waals surface area contributed by atoms with Crippen LogP contribution >= 0.6 is 0 Å². The van der Waals surface area contributed by atoms with Crippen molar-refractivity contribution in [2.75, 3.05) is 6.54 Å². The lowest BCUT2D eigenvalue weighted by Crippen LogP contribution is -2.47. The number of nitrogens with zero attached hydrogens (tertiary/aromatic N) is 1. The number of carbonyl (C=O) groups is 2. The van der Waals surface area contributed by atoms with Crippen molar-refractivity contribution >= 4 is 12.0 Å². The van der Waals surface area contributed by atoms with Crippen molar-refractivity contribution in [2.45, 2.75) is 45.6 Å². The normalized spacial score (nSPS) is 17.2. The van der Waals surface area contributed by atoms with E-state index in [9.17, 15) is 14.7 Å². The Hall–Kier alpha value is -2.05. The van der Waals surface area contributed by atoms with E-state index < -0.39 is 11.4 Å². The van der Waals surface area contributed by atoms with Crippen LogP contribution in [0.4, 0.5) is 4.79 Å². The number of carboxylic acid groups (broad SMARTS) is 1. The molecule has 0 atom stereocenters. The van der Waals surface area contributed by atoms with Crippen molar-refractivity contribution in [2.24, 2.45) is 5.41 Å². The molecule has 21 heavy (non-hydrogen) atoms. The van der Waals surface area contributed by atoms with Gasteiger partial charge >= 0.3 is 12.0 Å². The lowest BCUT2D eigenvalue weighted by Gasteiger charge is -2.33. The molecule has 7 heteroatoms. The number of aliphatic carboxylic acids is 1. The smallest absolute Gasteiger partial charge is 0.315 e. The number of urea groups is 1. The second-order valence-electron chi connectivity index (χ2n) is 5.61. The van der Waals surface area contributed by atoms with E-state index in [4.69, 9.17) is 4.52 Å². The molecule has 1 saturated carbocycles. The summed E-state index contributed by atoms with van der Waals surface area (Å²) in [4.78, 5) is 23.2. The van der Waals surface area contributed by atoms with Gasteiger partial charge in [0.2, 0.25) is 0 Å². The lowest BCUT2D eigenvalue weighted by atomic mass is 9.74. The molecule has 1 aromatic heterocycles. The number of rotatable bonds is 5. The van der Waals surface area contributed by atoms with Gasteiger partial charge in [-0.25, -0.2) is 4.79 Å². The summed E-state index contributed by atoms with van der Waals surface area (Å²) < 4.78 is 4.90. The van der Waals surface area contributed by atoms with Gasteiger partial charge in [0.25, 0.3) is 0 Å². The lowest BCUT2D eigenvalue weighted by molar-refractivity contribution is -0.150. The fourth-order valence-corrected chi connectivity index (χ4v) is 2.68. The molecule has 1 heterocycles. The molecule has 1 aliphatic carbocycles. The quantitative estimate of drug-likeness (QED) is 0.768. The van der Waals surface area contributed by atoms with Gasteiger partial charge < -0.3 is 20.3 Å². The molecule has 2 rings (SSSR count). The summed E-state index contributed by atoms with van der Waals surface area (Å²) in [5.74, 6) is -0.145. The first kappa shape index (κ1) is 15.3. The first-order valence-electron chi connectivity index (χ1n) is 7.19. The fourth-order valence-electron chi connectivity index (χ4n) is 2.68. The van der Waals surface area contributed by atoms with Crippen molar-refractivity contribution < 1.29 is 19.2 Å². The van der Waals surface area contributed by atoms with Crippen molar-refractivity contribution in [3.05, 3.63) is 17.5 Å². The fraction of sp³-hybridized carbons (Fsp3) is 0.643. The van der Waals surface area contributed by atoms with Crippen molar-refractivity contribution in [3.8, 4) is 0 Å². The molecule has 2 amide bonds. The number of hydrogen-bond donors (Lipinski definition) is 3. The highest BCUT2D eigenvalue weighted by atomic mass is 16.5. The Labute approximate surface area is 123 Å². The molecule has 0 aliphatic heterocycles. The Balaban J connectivity index is 1.80. The monoisotopic (exact) mass is 295 g/mol. The molecule has 0 unspecified atom stereocenters. The summed E-state index contributed by atoms with van der Waals surface area (Å²) in [7, 11) is 0. The van der Waals surface area contributed by atoms with Crippen molar-refractivity contribution in [3.63, 3.8) is 0 Å². The molecule has 1 aromatic rings. The van der Waals surface area contributed by atoms with Gasteiger partial charge in [0.15, 0.2) is 0 Å². The molecular formula is C14H21N3O4. The van der Waals surface area contributed by atoms with Gasteiger partial charge in [-0.2, -0.15) is 0 Å². The minimum Gasteiger partial charge on any atom is -0.481 e. The van der Waals surface area contributed by atoms with Gasteiger partial charge in [0.1, 0.15) is 11.5 Å². The van der Waals surface area contributed by atoms with Crippen LogP contribution in [0.15, 0.2) is 10.6 Å². The van der Waals surface area contributed by atoms with Crippen LogP contribution in [0.5, 0.6) is 0 Å². The summed E-state index contributed by atoms with van der Waals surface area (Å²) in [5, 5.41) is 18.5. The first-order chi connectivity index (χ1) is 10.0. The van der Waals surface area contributed by atoms with Crippen LogP contribution in [0.3, 0.4) is 0 Å². The van der Waals surface area contributed by atoms with E-state index in [2.05, 4.69) is 15.8 Å². The number of amides is 2. The molecule has 0 radical (unpaired) electrons. The number of hydrogen-bond acceptors (Lipinski definition) is 4. The summed E-state index contributed by atoms with van der Waals surface area (Å²) in [6.07, 6.45) is 4.09. The molecule has 0 spiro atoms. The van der Waals surface area contributed by atoms with E-state index in [0.717, 1.165) is 19.3 Å². The van der Waals surface area contributed by atoms with E-state index in [1.807, 2.05) is 0 Å². The average molecular weight is 295 g/mol. The summed E-state index contributed by atoms with van der Waals surface area (Å²) >= 11 is 0. The minimum absolute atomic E-state index is 0.159. The Bertz CT molecular complexity index is 506. The van der Waals surface area contributed by atoms with Gasteiger partial charge in [0, 0.05) is 12.6 Å². The number of nitrogens with one attached hydrogen (secondary N) is 2. The number of aryl methyl sites for hydroxylation is 1. The topological polar surface area (TPSA) is 104 Å². The Morgan fingerprint density at radius 1 is 1.33 bits per heavy atom. The van der Waals surface area contributed by atoms with Gasteiger partial charge in [0.05, 0.1) is 12.0 Å².